The molecular weight excluding hydrogens is 390 g/mol. The van der Waals surface area contributed by atoms with Crippen LogP contribution in [-0.2, 0) is 10.0 Å². The van der Waals surface area contributed by atoms with E-state index in [1.54, 1.807) is 47.4 Å². The summed E-state index contributed by atoms with van der Waals surface area (Å²) in [6.45, 7) is 3.31. The van der Waals surface area contributed by atoms with Crippen molar-refractivity contribution in [3.05, 3.63) is 65.7 Å². The fourth-order valence-corrected chi connectivity index (χ4v) is 4.59. The van der Waals surface area contributed by atoms with Gasteiger partial charge in [-0.1, -0.05) is 48.0 Å². The highest BCUT2D eigenvalue weighted by Crippen LogP contribution is 2.17. The van der Waals surface area contributed by atoms with Gasteiger partial charge in [-0.05, 0) is 19.1 Å². The minimum Gasteiger partial charge on any atom is -0.338 e. The average Bonchev–Trinajstić information content (AvgIpc) is 2.74. The molecule has 154 valence electrons. The lowest BCUT2D eigenvalue weighted by molar-refractivity contribution is 0.0982. The van der Waals surface area contributed by atoms with Crippen molar-refractivity contribution in [2.24, 2.45) is 0 Å². The number of aryl methyl sites for hydroxylation is 1. The third-order valence-corrected chi connectivity index (χ3v) is 6.82. The van der Waals surface area contributed by atoms with Crippen LogP contribution in [0, 0.1) is 6.92 Å². The highest BCUT2D eigenvalue weighted by Gasteiger charge is 2.29. The predicted octanol–water partition coefficient (Wildman–Crippen LogP) is 2.28. The van der Waals surface area contributed by atoms with Gasteiger partial charge in [-0.15, -0.1) is 0 Å². The molecule has 0 unspecified atom stereocenters. The second-order valence-corrected chi connectivity index (χ2v) is 8.91. The summed E-state index contributed by atoms with van der Waals surface area (Å²) in [7, 11) is -3.54. The predicted molar refractivity (Wildman–Crippen MR) is 110 cm³/mol. The van der Waals surface area contributed by atoms with E-state index in [-0.39, 0.29) is 42.8 Å². The molecule has 0 atom stereocenters. The van der Waals surface area contributed by atoms with Crippen molar-refractivity contribution < 1.29 is 18.0 Å². The van der Waals surface area contributed by atoms with Crippen LogP contribution >= 0.6 is 0 Å². The van der Waals surface area contributed by atoms with Gasteiger partial charge >= 0.3 is 6.03 Å². The van der Waals surface area contributed by atoms with Crippen LogP contribution in [0.3, 0.4) is 0 Å². The number of sulfonamides is 1. The number of amides is 2. The van der Waals surface area contributed by atoms with Crippen molar-refractivity contribution in [1.29, 1.82) is 0 Å². The van der Waals surface area contributed by atoms with E-state index in [2.05, 4.69) is 5.32 Å². The summed E-state index contributed by atoms with van der Waals surface area (Å²) in [6, 6.07) is 15.3. The van der Waals surface area contributed by atoms with E-state index in [0.29, 0.717) is 18.7 Å². The highest BCUT2D eigenvalue weighted by atomic mass is 32.2. The number of carbonyl (C=O) groups excluding carboxylic acids is 2. The second kappa shape index (κ2) is 9.19. The first-order valence-electron chi connectivity index (χ1n) is 9.56. The molecule has 0 radical (unpaired) electrons. The fourth-order valence-electron chi connectivity index (χ4n) is 3.15. The quantitative estimate of drug-likeness (QED) is 0.734. The van der Waals surface area contributed by atoms with Crippen LogP contribution < -0.4 is 5.32 Å². The molecule has 1 heterocycles. The first-order valence-corrected chi connectivity index (χ1v) is 11.0. The maximum Gasteiger partial charge on any atom is 0.317 e. The Bertz CT molecular complexity index is 951. The summed E-state index contributed by atoms with van der Waals surface area (Å²) >= 11 is 0. The van der Waals surface area contributed by atoms with E-state index in [0.717, 1.165) is 5.56 Å². The summed E-state index contributed by atoms with van der Waals surface area (Å²) in [5.41, 5.74) is 1.72. The zero-order valence-corrected chi connectivity index (χ0v) is 17.2. The van der Waals surface area contributed by atoms with E-state index in [4.69, 9.17) is 0 Å². The lowest BCUT2D eigenvalue weighted by Crippen LogP contribution is -2.53. The molecule has 1 aliphatic heterocycles. The standard InChI is InChI=1S/C21H25N3O4S/c1-17-7-9-18(10-8-17)20(25)11-12-22-21(26)23-13-15-24(16-14-23)29(27,28)19-5-3-2-4-6-19/h2-10H,11-16H2,1H3,(H,22,26). The topological polar surface area (TPSA) is 86.8 Å². The van der Waals surface area contributed by atoms with Crippen LogP contribution in [0.25, 0.3) is 0 Å². The molecule has 7 nitrogen and oxygen atoms in total. The van der Waals surface area contributed by atoms with E-state index in [9.17, 15) is 18.0 Å². The van der Waals surface area contributed by atoms with Gasteiger partial charge in [0.25, 0.3) is 0 Å². The molecule has 3 rings (SSSR count). The number of piperazine rings is 1. The van der Waals surface area contributed by atoms with Crippen molar-refractivity contribution in [1.82, 2.24) is 14.5 Å². The first-order chi connectivity index (χ1) is 13.9. The third kappa shape index (κ3) is 5.21. The van der Waals surface area contributed by atoms with Gasteiger partial charge in [0.2, 0.25) is 10.0 Å². The molecule has 29 heavy (non-hydrogen) atoms. The van der Waals surface area contributed by atoms with Crippen LogP contribution in [0.1, 0.15) is 22.3 Å². The lowest BCUT2D eigenvalue weighted by atomic mass is 10.1. The zero-order chi connectivity index (χ0) is 20.9. The van der Waals surface area contributed by atoms with E-state index in [1.807, 2.05) is 19.1 Å². The Morgan fingerprint density at radius 3 is 2.17 bits per heavy atom. The Labute approximate surface area is 171 Å². The van der Waals surface area contributed by atoms with Gasteiger partial charge in [-0.2, -0.15) is 4.31 Å². The van der Waals surface area contributed by atoms with Gasteiger partial charge in [-0.3, -0.25) is 4.79 Å². The van der Waals surface area contributed by atoms with Gasteiger partial charge in [0.05, 0.1) is 4.90 Å². The second-order valence-electron chi connectivity index (χ2n) is 6.98. The Morgan fingerprint density at radius 1 is 0.931 bits per heavy atom. The number of nitrogens with zero attached hydrogens (tertiary/aromatic N) is 2. The van der Waals surface area contributed by atoms with E-state index in [1.165, 1.54) is 4.31 Å². The number of hydrogen-bond donors (Lipinski definition) is 1. The lowest BCUT2D eigenvalue weighted by Gasteiger charge is -2.34. The fraction of sp³-hybridized carbons (Fsp3) is 0.333. The van der Waals surface area contributed by atoms with Crippen molar-refractivity contribution in [3.8, 4) is 0 Å². The Kier molecular flexibility index (Phi) is 6.66. The maximum atomic E-state index is 12.6. The number of rotatable bonds is 6. The molecule has 2 amide bonds. The molecule has 0 spiro atoms. The van der Waals surface area contributed by atoms with Crippen LogP contribution in [0.5, 0.6) is 0 Å². The van der Waals surface area contributed by atoms with Crippen LogP contribution in [0.15, 0.2) is 59.5 Å². The highest BCUT2D eigenvalue weighted by molar-refractivity contribution is 7.89. The molecule has 1 fully saturated rings. The summed E-state index contributed by atoms with van der Waals surface area (Å²) in [5.74, 6) is -0.0240. The van der Waals surface area contributed by atoms with Gasteiger partial charge < -0.3 is 10.2 Å². The normalized spacial score (nSPS) is 15.1. The zero-order valence-electron chi connectivity index (χ0n) is 16.4. The number of hydrogen-bond acceptors (Lipinski definition) is 4. The maximum absolute atomic E-state index is 12.6. The minimum absolute atomic E-state index is 0.0240. The molecule has 0 aliphatic carbocycles. The van der Waals surface area contributed by atoms with Crippen molar-refractivity contribution in [3.63, 3.8) is 0 Å². The molecule has 1 saturated heterocycles. The number of nitrogens with one attached hydrogen (secondary N) is 1. The Balaban J connectivity index is 1.45. The largest absolute Gasteiger partial charge is 0.338 e. The van der Waals surface area contributed by atoms with Crippen molar-refractivity contribution in [2.45, 2.75) is 18.2 Å². The third-order valence-electron chi connectivity index (χ3n) is 4.91. The smallest absolute Gasteiger partial charge is 0.317 e. The van der Waals surface area contributed by atoms with E-state index >= 15 is 0 Å². The molecule has 1 aliphatic rings. The molecule has 0 saturated carbocycles. The molecular formula is C21H25N3O4S. The summed E-state index contributed by atoms with van der Waals surface area (Å²) in [4.78, 5) is 26.3. The molecule has 2 aromatic rings. The molecule has 0 aromatic heterocycles. The van der Waals surface area contributed by atoms with Crippen LogP contribution in [0.2, 0.25) is 0 Å². The first kappa shape index (κ1) is 21.0. The molecule has 0 bridgehead atoms. The summed E-state index contributed by atoms with van der Waals surface area (Å²) < 4.78 is 26.7. The van der Waals surface area contributed by atoms with Crippen LogP contribution in [0.4, 0.5) is 4.79 Å². The summed E-state index contributed by atoms with van der Waals surface area (Å²) in [6.07, 6.45) is 0.219. The van der Waals surface area contributed by atoms with Crippen molar-refractivity contribution in [2.75, 3.05) is 32.7 Å². The monoisotopic (exact) mass is 415 g/mol. The molecule has 1 N–H and O–H groups in total. The van der Waals surface area contributed by atoms with Gasteiger partial charge in [-0.25, -0.2) is 13.2 Å². The number of urea groups is 1. The average molecular weight is 416 g/mol. The number of ketones is 1. The number of carbonyl (C=O) groups is 2. The number of benzene rings is 2. The molecule has 2 aromatic carbocycles. The van der Waals surface area contributed by atoms with Crippen molar-refractivity contribution >= 4 is 21.8 Å². The van der Waals surface area contributed by atoms with Crippen LogP contribution in [-0.4, -0.2) is 62.2 Å². The SMILES string of the molecule is Cc1ccc(C(=O)CCNC(=O)N2CCN(S(=O)(=O)c3ccccc3)CC2)cc1. The van der Waals surface area contributed by atoms with Gasteiger partial charge in [0, 0.05) is 44.7 Å². The number of Topliss-reactive ketones (excluding diaryl/α,β-unsaturated/α-hetero) is 1. The Morgan fingerprint density at radius 2 is 1.55 bits per heavy atom. The minimum atomic E-state index is -3.54. The Hall–Kier alpha value is -2.71. The van der Waals surface area contributed by atoms with Gasteiger partial charge in [0.15, 0.2) is 5.78 Å². The summed E-state index contributed by atoms with van der Waals surface area (Å²) in [5, 5.41) is 2.75. The van der Waals surface area contributed by atoms with E-state index < -0.39 is 10.0 Å². The molecule has 8 heteroatoms. The van der Waals surface area contributed by atoms with Gasteiger partial charge in [0.1, 0.15) is 0 Å².